The summed E-state index contributed by atoms with van der Waals surface area (Å²) in [6.07, 6.45) is 10.1. The number of hydrogen-bond donors (Lipinski definition) is 0. The fourth-order valence-electron chi connectivity index (χ4n) is 4.00. The molecule has 0 spiro atoms. The van der Waals surface area contributed by atoms with Crippen LogP contribution in [0.2, 0.25) is 0 Å². The predicted octanol–water partition coefficient (Wildman–Crippen LogP) is 6.48. The van der Waals surface area contributed by atoms with Gasteiger partial charge in [-0.3, -0.25) is 0 Å². The Bertz CT molecular complexity index is 658. The van der Waals surface area contributed by atoms with E-state index in [1.54, 1.807) is 0 Å². The molecule has 2 heteroatoms. The molecule has 178 valence electrons. The molecule has 2 nitrogen and oxygen atoms in total. The number of unbranched alkanes of at least 4 members (excludes halogenated alkanes) is 4. The highest BCUT2D eigenvalue weighted by atomic mass is 15.3. The van der Waals surface area contributed by atoms with Crippen LogP contribution >= 0.6 is 0 Å². The molecule has 0 fully saturated rings. The quantitative estimate of drug-likeness (QED) is 0.230. The van der Waals surface area contributed by atoms with Crippen molar-refractivity contribution in [1.29, 1.82) is 0 Å². The summed E-state index contributed by atoms with van der Waals surface area (Å²) in [5, 5.41) is 0. The van der Waals surface area contributed by atoms with Gasteiger partial charge in [0.15, 0.2) is 0 Å². The van der Waals surface area contributed by atoms with Crippen LogP contribution in [0.25, 0.3) is 0 Å². The van der Waals surface area contributed by atoms with Gasteiger partial charge in [-0.15, -0.1) is 0 Å². The molecular weight excluding hydrogens is 388 g/mol. The third-order valence-corrected chi connectivity index (χ3v) is 6.48. The first kappa shape index (κ1) is 28.3. The Morgan fingerprint density at radius 1 is 0.531 bits per heavy atom. The standard InChI is InChI=1S/C30H50N2/c1-7-11-23-31(5,24-12-8-2)27-15-17-29-19-21-30(22-20-29)18-16-28-32(6,25-13-9-3)26-14-10-4/h19-22H,7-14,23-28H2,1-6H3/q+2. The highest BCUT2D eigenvalue weighted by Crippen LogP contribution is 2.10. The monoisotopic (exact) mass is 438 g/mol. The molecule has 0 unspecified atom stereocenters. The van der Waals surface area contributed by atoms with E-state index in [0.717, 1.165) is 33.2 Å². The largest absolute Gasteiger partial charge is 0.316 e. The highest BCUT2D eigenvalue weighted by molar-refractivity contribution is 5.41. The molecule has 0 aliphatic heterocycles. The van der Waals surface area contributed by atoms with E-state index >= 15 is 0 Å². The summed E-state index contributed by atoms with van der Waals surface area (Å²) < 4.78 is 2.15. The average Bonchev–Trinajstić information content (AvgIpc) is 2.80. The molecule has 0 aliphatic rings. The van der Waals surface area contributed by atoms with Crippen LogP contribution in [0.5, 0.6) is 0 Å². The van der Waals surface area contributed by atoms with Gasteiger partial charge in [-0.25, -0.2) is 0 Å². The first-order valence-corrected chi connectivity index (χ1v) is 13.1. The van der Waals surface area contributed by atoms with E-state index < -0.39 is 0 Å². The number of quaternary nitrogens is 2. The van der Waals surface area contributed by atoms with Crippen molar-refractivity contribution in [3.8, 4) is 23.7 Å². The maximum absolute atomic E-state index is 3.47. The molecule has 1 aromatic rings. The zero-order chi connectivity index (χ0) is 23.7. The van der Waals surface area contributed by atoms with Crippen molar-refractivity contribution in [1.82, 2.24) is 0 Å². The number of hydrogen-bond acceptors (Lipinski definition) is 0. The van der Waals surface area contributed by atoms with Crippen molar-refractivity contribution in [3.05, 3.63) is 35.4 Å². The minimum Gasteiger partial charge on any atom is -0.316 e. The average molecular weight is 439 g/mol. The van der Waals surface area contributed by atoms with E-state index in [9.17, 15) is 0 Å². The molecule has 0 radical (unpaired) electrons. The van der Waals surface area contributed by atoms with Gasteiger partial charge in [0.05, 0.1) is 40.3 Å². The second-order valence-corrected chi connectivity index (χ2v) is 10.0. The minimum absolute atomic E-state index is 0.938. The van der Waals surface area contributed by atoms with Gasteiger partial charge >= 0.3 is 0 Å². The Balaban J connectivity index is 2.72. The van der Waals surface area contributed by atoms with E-state index in [2.05, 4.69) is 89.7 Å². The lowest BCUT2D eigenvalue weighted by Gasteiger charge is -2.32. The first-order valence-electron chi connectivity index (χ1n) is 13.1. The molecule has 1 rings (SSSR count). The van der Waals surface area contributed by atoms with Crippen LogP contribution in [0.3, 0.4) is 0 Å². The summed E-state index contributed by atoms with van der Waals surface area (Å²) in [5.41, 5.74) is 2.19. The van der Waals surface area contributed by atoms with Crippen LogP contribution in [0, 0.1) is 23.7 Å². The fourth-order valence-corrected chi connectivity index (χ4v) is 4.00. The number of benzene rings is 1. The zero-order valence-electron chi connectivity index (χ0n) is 22.1. The van der Waals surface area contributed by atoms with Crippen LogP contribution in [-0.2, 0) is 0 Å². The molecule has 0 aromatic heterocycles. The van der Waals surface area contributed by atoms with E-state index in [4.69, 9.17) is 0 Å². The first-order chi connectivity index (χ1) is 15.4. The van der Waals surface area contributed by atoms with Gasteiger partial charge in [0.2, 0.25) is 0 Å². The van der Waals surface area contributed by atoms with E-state index in [1.807, 2.05) is 0 Å². The molecule has 0 amide bonds. The van der Waals surface area contributed by atoms with E-state index in [1.165, 1.54) is 77.5 Å². The lowest BCUT2D eigenvalue weighted by molar-refractivity contribution is -0.903. The van der Waals surface area contributed by atoms with Crippen molar-refractivity contribution in [2.75, 3.05) is 53.4 Å². The lowest BCUT2D eigenvalue weighted by Crippen LogP contribution is -2.45. The molecule has 1 aromatic carbocycles. The Hall–Kier alpha value is -1.74. The summed E-state index contributed by atoms with van der Waals surface area (Å²) in [5.74, 6) is 13.7. The van der Waals surface area contributed by atoms with Gasteiger partial charge in [-0.1, -0.05) is 65.2 Å². The minimum atomic E-state index is 0.938. The van der Waals surface area contributed by atoms with Crippen LogP contribution in [0.15, 0.2) is 24.3 Å². The lowest BCUT2D eigenvalue weighted by atomic mass is 10.1. The molecule has 0 saturated heterocycles. The molecule has 0 N–H and O–H groups in total. The highest BCUT2D eigenvalue weighted by Gasteiger charge is 2.19. The molecule has 0 bridgehead atoms. The van der Waals surface area contributed by atoms with Crippen LogP contribution in [0.1, 0.15) is 90.2 Å². The van der Waals surface area contributed by atoms with Gasteiger partial charge in [0, 0.05) is 11.1 Å². The van der Waals surface area contributed by atoms with Gasteiger partial charge in [-0.05, 0) is 61.8 Å². The van der Waals surface area contributed by atoms with Gasteiger partial charge in [0.1, 0.15) is 13.1 Å². The van der Waals surface area contributed by atoms with Crippen molar-refractivity contribution in [2.24, 2.45) is 0 Å². The molecule has 32 heavy (non-hydrogen) atoms. The zero-order valence-corrected chi connectivity index (χ0v) is 22.1. The Kier molecular flexibility index (Phi) is 14.1. The maximum atomic E-state index is 3.47. The van der Waals surface area contributed by atoms with Crippen LogP contribution < -0.4 is 0 Å². The Labute approximate surface area is 200 Å². The molecular formula is C30H50N2+2. The van der Waals surface area contributed by atoms with Crippen molar-refractivity contribution >= 4 is 0 Å². The molecule has 0 aliphatic carbocycles. The van der Waals surface area contributed by atoms with Gasteiger partial charge < -0.3 is 8.97 Å². The number of rotatable bonds is 14. The summed E-state index contributed by atoms with van der Waals surface area (Å²) in [4.78, 5) is 0. The second kappa shape index (κ2) is 16.0. The Morgan fingerprint density at radius 3 is 1.06 bits per heavy atom. The molecule has 0 saturated carbocycles. The third-order valence-electron chi connectivity index (χ3n) is 6.48. The third kappa shape index (κ3) is 11.8. The summed E-state index contributed by atoms with van der Waals surface area (Å²) in [6, 6.07) is 8.51. The SMILES string of the molecule is CCCC[N+](C)(CC#Cc1ccc(C#CC[N+](C)(CCCC)CCCC)cc1)CCCC. The smallest absolute Gasteiger partial charge is 0.141 e. The summed E-state index contributed by atoms with van der Waals surface area (Å²) >= 11 is 0. The molecule has 0 heterocycles. The van der Waals surface area contributed by atoms with E-state index in [0.29, 0.717) is 0 Å². The van der Waals surface area contributed by atoms with Crippen molar-refractivity contribution < 1.29 is 8.97 Å². The predicted molar refractivity (Wildman–Crippen MR) is 141 cm³/mol. The van der Waals surface area contributed by atoms with Crippen molar-refractivity contribution in [2.45, 2.75) is 79.1 Å². The fraction of sp³-hybridized carbons (Fsp3) is 0.667. The number of nitrogens with zero attached hydrogens (tertiary/aromatic N) is 2. The summed E-state index contributed by atoms with van der Waals surface area (Å²) in [6.45, 7) is 15.9. The van der Waals surface area contributed by atoms with Crippen LogP contribution in [-0.4, -0.2) is 62.3 Å². The van der Waals surface area contributed by atoms with Crippen LogP contribution in [0.4, 0.5) is 0 Å². The van der Waals surface area contributed by atoms with Gasteiger partial charge in [0.25, 0.3) is 0 Å². The second-order valence-electron chi connectivity index (χ2n) is 10.0. The Morgan fingerprint density at radius 2 is 0.812 bits per heavy atom. The van der Waals surface area contributed by atoms with Gasteiger partial charge in [-0.2, -0.15) is 0 Å². The normalized spacial score (nSPS) is 11.4. The van der Waals surface area contributed by atoms with Crippen molar-refractivity contribution in [3.63, 3.8) is 0 Å². The summed E-state index contributed by atoms with van der Waals surface area (Å²) in [7, 11) is 4.73. The molecule has 0 atom stereocenters. The topological polar surface area (TPSA) is 0 Å². The van der Waals surface area contributed by atoms with E-state index in [-0.39, 0.29) is 0 Å². The maximum Gasteiger partial charge on any atom is 0.141 e.